The van der Waals surface area contributed by atoms with Crippen molar-refractivity contribution in [1.82, 2.24) is 19.9 Å². The van der Waals surface area contributed by atoms with Crippen molar-refractivity contribution in [3.8, 4) is 23.0 Å². The number of piperazine rings is 1. The van der Waals surface area contributed by atoms with Crippen molar-refractivity contribution in [3.63, 3.8) is 0 Å². The Morgan fingerprint density at radius 3 is 2.46 bits per heavy atom. The Labute approximate surface area is 288 Å². The van der Waals surface area contributed by atoms with Crippen LogP contribution in [0.3, 0.4) is 0 Å². The summed E-state index contributed by atoms with van der Waals surface area (Å²) in [6.07, 6.45) is 5.40. The first kappa shape index (κ1) is 33.8. The summed E-state index contributed by atoms with van der Waals surface area (Å²) in [6.45, 7) is 8.27. The van der Waals surface area contributed by atoms with Gasteiger partial charge in [0.1, 0.15) is 47.1 Å². The average Bonchev–Trinajstić information content (AvgIpc) is 3.82. The molecule has 11 nitrogen and oxygen atoms in total. The van der Waals surface area contributed by atoms with Crippen LogP contribution in [0.5, 0.6) is 11.8 Å². The number of rotatable bonds is 10. The van der Waals surface area contributed by atoms with E-state index in [0.717, 1.165) is 19.1 Å². The molecule has 0 radical (unpaired) electrons. The van der Waals surface area contributed by atoms with Gasteiger partial charge >= 0.3 is 12.1 Å². The van der Waals surface area contributed by atoms with Crippen LogP contribution in [0, 0.1) is 17.0 Å². The van der Waals surface area contributed by atoms with Gasteiger partial charge in [-0.3, -0.25) is 9.88 Å². The number of amides is 1. The lowest BCUT2D eigenvalue weighted by molar-refractivity contribution is -0.113. The highest BCUT2D eigenvalue weighted by atomic mass is 19.1. The highest BCUT2D eigenvalue weighted by Gasteiger charge is 2.46. The number of carbonyl (C=O) groups is 2. The molecule has 3 aliphatic rings. The molecule has 264 valence electrons. The fourth-order valence-corrected chi connectivity index (χ4v) is 7.10. The van der Waals surface area contributed by atoms with Gasteiger partial charge in [0.05, 0.1) is 22.9 Å². The minimum Gasteiger partial charge on any atom is -0.468 e. The number of aromatic nitrogens is 3. The summed E-state index contributed by atoms with van der Waals surface area (Å²) >= 11 is 0. The molecule has 1 saturated carbocycles. The second-order valence-electron chi connectivity index (χ2n) is 14.5. The van der Waals surface area contributed by atoms with E-state index >= 15 is 8.78 Å². The quantitative estimate of drug-likeness (QED) is 0.133. The zero-order valence-corrected chi connectivity index (χ0v) is 28.9. The van der Waals surface area contributed by atoms with Gasteiger partial charge in [-0.1, -0.05) is 13.0 Å². The average molecular weight is 690 g/mol. The standard InChI is InChI=1S/C37H41F2N5O6/c1-6-25-28(38)10-7-21-13-24(49-20-47-5)14-26(29(21)25)31-30(39)32-27(15-40-31)33(42-34(41-32)48-19-37(18-45)11-12-37)43-16-22-8-9-23(17-43)44(22)35(46)50-36(2,3)4/h7,10,13-15,18,22-23H,6,8-9,11-12,16-17,19-20H2,1-5H3/t22-,23+. The van der Waals surface area contributed by atoms with Gasteiger partial charge in [-0.25, -0.2) is 13.6 Å². The molecule has 1 amide bonds. The van der Waals surface area contributed by atoms with E-state index in [2.05, 4.69) is 9.97 Å². The third-order valence-corrected chi connectivity index (χ3v) is 9.75. The Morgan fingerprint density at radius 2 is 1.82 bits per heavy atom. The SMILES string of the molecule is CCc1c(F)ccc2cc(OCOC)cc(-c3ncc4c(N5C[C@H]6CC[C@@H](C5)N6C(=O)OC(C)(C)C)nc(OCC5(C=O)CC5)nc4c3F)c12. The summed E-state index contributed by atoms with van der Waals surface area (Å²) in [6, 6.07) is 6.07. The van der Waals surface area contributed by atoms with E-state index < -0.39 is 22.7 Å². The van der Waals surface area contributed by atoms with Crippen LogP contribution in [-0.4, -0.2) is 83.5 Å². The van der Waals surface area contributed by atoms with Crippen LogP contribution in [0.15, 0.2) is 30.5 Å². The maximum Gasteiger partial charge on any atom is 0.410 e. The van der Waals surface area contributed by atoms with E-state index in [1.807, 2.05) is 37.5 Å². The minimum absolute atomic E-state index is 0.0290. The van der Waals surface area contributed by atoms with Crippen molar-refractivity contribution in [2.45, 2.75) is 77.5 Å². The number of fused-ring (bicyclic) bond motifs is 4. The molecule has 2 bridgehead atoms. The number of halogens is 2. The zero-order chi connectivity index (χ0) is 35.4. The first-order chi connectivity index (χ1) is 23.9. The molecule has 2 saturated heterocycles. The second kappa shape index (κ2) is 12.9. The lowest BCUT2D eigenvalue weighted by atomic mass is 9.94. The summed E-state index contributed by atoms with van der Waals surface area (Å²) in [5.41, 5.74) is -0.531. The van der Waals surface area contributed by atoms with Gasteiger partial charge in [-0.2, -0.15) is 9.97 Å². The zero-order valence-electron chi connectivity index (χ0n) is 28.9. The van der Waals surface area contributed by atoms with Crippen molar-refractivity contribution in [2.75, 3.05) is 38.5 Å². The van der Waals surface area contributed by atoms with E-state index in [-0.39, 0.29) is 48.8 Å². The molecule has 0 spiro atoms. The largest absolute Gasteiger partial charge is 0.468 e. The second-order valence-corrected chi connectivity index (χ2v) is 14.5. The van der Waals surface area contributed by atoms with E-state index in [1.165, 1.54) is 19.4 Å². The van der Waals surface area contributed by atoms with E-state index in [1.54, 1.807) is 18.2 Å². The fraction of sp³-hybridized carbons (Fsp3) is 0.486. The fourth-order valence-electron chi connectivity index (χ4n) is 7.10. The van der Waals surface area contributed by atoms with Crippen molar-refractivity contribution in [2.24, 2.45) is 5.41 Å². The maximum absolute atomic E-state index is 17.1. The number of hydrogen-bond acceptors (Lipinski definition) is 10. The Bertz CT molecular complexity index is 1970. The van der Waals surface area contributed by atoms with Crippen molar-refractivity contribution in [1.29, 1.82) is 0 Å². The summed E-state index contributed by atoms with van der Waals surface area (Å²) in [4.78, 5) is 42.6. The molecule has 2 atom stereocenters. The number of nitrogens with zero attached hydrogens (tertiary/aromatic N) is 5. The van der Waals surface area contributed by atoms with E-state index in [4.69, 9.17) is 23.9 Å². The Morgan fingerprint density at radius 1 is 1.08 bits per heavy atom. The van der Waals surface area contributed by atoms with Crippen molar-refractivity contribution < 1.29 is 37.3 Å². The summed E-state index contributed by atoms with van der Waals surface area (Å²) in [5, 5.41) is 1.53. The summed E-state index contributed by atoms with van der Waals surface area (Å²) in [5.74, 6) is -0.322. The molecular weight excluding hydrogens is 648 g/mol. The summed E-state index contributed by atoms with van der Waals surface area (Å²) < 4.78 is 54.8. The number of aldehydes is 1. The minimum atomic E-state index is -0.737. The molecule has 2 aromatic heterocycles. The van der Waals surface area contributed by atoms with Gasteiger partial charge in [0.15, 0.2) is 12.6 Å². The van der Waals surface area contributed by atoms with Gasteiger partial charge in [0, 0.05) is 32.0 Å². The highest BCUT2D eigenvalue weighted by Crippen LogP contribution is 2.44. The highest BCUT2D eigenvalue weighted by molar-refractivity contribution is 6.02. The molecule has 0 N–H and O–H groups in total. The predicted molar refractivity (Wildman–Crippen MR) is 182 cm³/mol. The summed E-state index contributed by atoms with van der Waals surface area (Å²) in [7, 11) is 1.50. The molecule has 4 aromatic rings. The monoisotopic (exact) mass is 689 g/mol. The molecule has 3 fully saturated rings. The van der Waals surface area contributed by atoms with Crippen LogP contribution in [0.1, 0.15) is 58.9 Å². The first-order valence-electron chi connectivity index (χ1n) is 17.0. The van der Waals surface area contributed by atoms with Gasteiger partial charge in [0.25, 0.3) is 0 Å². The smallest absolute Gasteiger partial charge is 0.410 e. The van der Waals surface area contributed by atoms with Crippen LogP contribution in [0.2, 0.25) is 0 Å². The number of carbonyl (C=O) groups excluding carboxylic acids is 2. The number of aryl methyl sites for hydroxylation is 1. The topological polar surface area (TPSA) is 116 Å². The van der Waals surface area contributed by atoms with Crippen LogP contribution >= 0.6 is 0 Å². The Balaban J connectivity index is 1.34. The van der Waals surface area contributed by atoms with E-state index in [9.17, 15) is 9.59 Å². The molecule has 0 unspecified atom stereocenters. The number of methoxy groups -OCH3 is 1. The van der Waals surface area contributed by atoms with Crippen LogP contribution in [0.25, 0.3) is 32.9 Å². The van der Waals surface area contributed by atoms with Crippen molar-refractivity contribution >= 4 is 39.9 Å². The van der Waals surface area contributed by atoms with Gasteiger partial charge in [-0.15, -0.1) is 0 Å². The number of hydrogen-bond donors (Lipinski definition) is 0. The molecule has 2 aromatic carbocycles. The molecule has 13 heteroatoms. The third kappa shape index (κ3) is 6.27. The molecule has 7 rings (SSSR count). The molecular formula is C37H41F2N5O6. The normalized spacial score (nSPS) is 19.6. The van der Waals surface area contributed by atoms with Crippen molar-refractivity contribution in [3.05, 3.63) is 47.7 Å². The van der Waals surface area contributed by atoms with Crippen LogP contribution in [0.4, 0.5) is 19.4 Å². The van der Waals surface area contributed by atoms with Gasteiger partial charge < -0.3 is 28.6 Å². The van der Waals surface area contributed by atoms with Crippen LogP contribution in [-0.2, 0) is 20.7 Å². The van der Waals surface area contributed by atoms with Gasteiger partial charge in [-0.05, 0) is 87.4 Å². The number of anilines is 1. The molecule has 1 aliphatic carbocycles. The molecule has 4 heterocycles. The molecule has 2 aliphatic heterocycles. The van der Waals surface area contributed by atoms with Crippen LogP contribution < -0.4 is 14.4 Å². The molecule has 50 heavy (non-hydrogen) atoms. The van der Waals surface area contributed by atoms with E-state index in [0.29, 0.717) is 71.2 Å². The Kier molecular flexibility index (Phi) is 8.73. The predicted octanol–water partition coefficient (Wildman–Crippen LogP) is 6.61. The third-order valence-electron chi connectivity index (χ3n) is 9.75. The lowest BCUT2D eigenvalue weighted by Gasteiger charge is -2.42. The first-order valence-corrected chi connectivity index (χ1v) is 17.0. The number of pyridine rings is 1. The number of ether oxygens (including phenoxy) is 4. The van der Waals surface area contributed by atoms with Gasteiger partial charge in [0.2, 0.25) is 0 Å². The number of benzene rings is 2. The lowest BCUT2D eigenvalue weighted by Crippen LogP contribution is -2.57. The maximum atomic E-state index is 17.1. The Hall–Kier alpha value is -4.65.